The van der Waals surface area contributed by atoms with Gasteiger partial charge in [0, 0.05) is 30.1 Å². The summed E-state index contributed by atoms with van der Waals surface area (Å²) in [7, 11) is 0. The average molecular weight is 355 g/mol. The quantitative estimate of drug-likeness (QED) is 0.674. The minimum Gasteiger partial charge on any atom is -0.493 e. The third kappa shape index (κ3) is 6.84. The summed E-state index contributed by atoms with van der Waals surface area (Å²) in [5.41, 5.74) is 2.18. The van der Waals surface area contributed by atoms with Gasteiger partial charge in [0.1, 0.15) is 5.75 Å². The molecule has 0 atom stereocenters. The van der Waals surface area contributed by atoms with Gasteiger partial charge < -0.3 is 20.7 Å². The molecule has 0 spiro atoms. The first-order chi connectivity index (χ1) is 12.4. The van der Waals surface area contributed by atoms with Gasteiger partial charge in [0.2, 0.25) is 11.8 Å². The number of amides is 2. The molecule has 2 rings (SSSR count). The van der Waals surface area contributed by atoms with Crippen molar-refractivity contribution < 1.29 is 14.3 Å². The molecule has 0 heterocycles. The van der Waals surface area contributed by atoms with E-state index < -0.39 is 0 Å². The number of carbonyl (C=O) groups is 2. The van der Waals surface area contributed by atoms with E-state index in [4.69, 9.17) is 4.74 Å². The van der Waals surface area contributed by atoms with E-state index in [1.165, 1.54) is 6.92 Å². The van der Waals surface area contributed by atoms with Crippen molar-refractivity contribution in [3.63, 3.8) is 0 Å². The van der Waals surface area contributed by atoms with Gasteiger partial charge in [-0.25, -0.2) is 0 Å². The van der Waals surface area contributed by atoms with Gasteiger partial charge >= 0.3 is 0 Å². The molecule has 2 aromatic carbocycles. The van der Waals surface area contributed by atoms with Crippen molar-refractivity contribution in [3.05, 3.63) is 48.5 Å². The molecule has 0 saturated heterocycles. The van der Waals surface area contributed by atoms with E-state index in [-0.39, 0.29) is 18.4 Å². The van der Waals surface area contributed by atoms with Crippen LogP contribution in [0.4, 0.5) is 17.1 Å². The molecule has 0 aromatic heterocycles. The van der Waals surface area contributed by atoms with Crippen molar-refractivity contribution in [3.8, 4) is 5.75 Å². The maximum atomic E-state index is 12.1. The second-order valence-electron chi connectivity index (χ2n) is 6.39. The molecule has 2 amide bonds. The number of carbonyl (C=O) groups excluding carboxylic acids is 2. The lowest BCUT2D eigenvalue weighted by atomic mass is 10.2. The molecule has 3 N–H and O–H groups in total. The largest absolute Gasteiger partial charge is 0.493 e. The molecule has 6 heteroatoms. The van der Waals surface area contributed by atoms with E-state index in [0.29, 0.717) is 23.9 Å². The monoisotopic (exact) mass is 355 g/mol. The molecule has 138 valence electrons. The minimum absolute atomic E-state index is 0.134. The predicted octanol–water partition coefficient (Wildman–Crippen LogP) is 3.73. The summed E-state index contributed by atoms with van der Waals surface area (Å²) in [6, 6.07) is 14.5. The zero-order valence-corrected chi connectivity index (χ0v) is 15.3. The SMILES string of the molecule is CC(=O)Nc1ccc(NC(=O)CNc2cccc(OCC(C)C)c2)cc1. The summed E-state index contributed by atoms with van der Waals surface area (Å²) in [4.78, 5) is 23.1. The van der Waals surface area contributed by atoms with Crippen LogP contribution in [0, 0.1) is 5.92 Å². The Labute approximate surface area is 153 Å². The average Bonchev–Trinajstić information content (AvgIpc) is 2.60. The van der Waals surface area contributed by atoms with E-state index in [1.54, 1.807) is 24.3 Å². The lowest BCUT2D eigenvalue weighted by Gasteiger charge is -2.11. The third-order valence-electron chi connectivity index (χ3n) is 3.36. The van der Waals surface area contributed by atoms with E-state index in [0.717, 1.165) is 11.4 Å². The van der Waals surface area contributed by atoms with Crippen LogP contribution in [0.25, 0.3) is 0 Å². The summed E-state index contributed by atoms with van der Waals surface area (Å²) in [5.74, 6) is 0.934. The van der Waals surface area contributed by atoms with Gasteiger partial charge in [0.25, 0.3) is 0 Å². The third-order valence-corrected chi connectivity index (χ3v) is 3.36. The Bertz CT molecular complexity index is 742. The molecule has 0 saturated carbocycles. The normalized spacial score (nSPS) is 10.3. The number of anilines is 3. The summed E-state index contributed by atoms with van der Waals surface area (Å²) >= 11 is 0. The van der Waals surface area contributed by atoms with Crippen LogP contribution < -0.4 is 20.7 Å². The van der Waals surface area contributed by atoms with Crippen molar-refractivity contribution in [1.29, 1.82) is 0 Å². The second-order valence-corrected chi connectivity index (χ2v) is 6.39. The molecule has 0 aliphatic carbocycles. The number of rotatable bonds is 8. The Balaban J connectivity index is 1.83. The fourth-order valence-electron chi connectivity index (χ4n) is 2.19. The van der Waals surface area contributed by atoms with E-state index in [1.807, 2.05) is 24.3 Å². The first kappa shape index (κ1) is 19.3. The maximum absolute atomic E-state index is 12.1. The van der Waals surface area contributed by atoms with Gasteiger partial charge in [-0.2, -0.15) is 0 Å². The van der Waals surface area contributed by atoms with Crippen LogP contribution in [-0.2, 0) is 9.59 Å². The van der Waals surface area contributed by atoms with Gasteiger partial charge in [0.15, 0.2) is 0 Å². The number of benzene rings is 2. The molecular weight excluding hydrogens is 330 g/mol. The van der Waals surface area contributed by atoms with Crippen molar-refractivity contribution in [1.82, 2.24) is 0 Å². The summed E-state index contributed by atoms with van der Waals surface area (Å²) in [6.07, 6.45) is 0. The van der Waals surface area contributed by atoms with Gasteiger partial charge in [-0.15, -0.1) is 0 Å². The highest BCUT2D eigenvalue weighted by molar-refractivity contribution is 5.94. The molecular formula is C20H25N3O3. The number of ether oxygens (including phenoxy) is 1. The summed E-state index contributed by atoms with van der Waals surface area (Å²) in [5, 5.41) is 8.56. The summed E-state index contributed by atoms with van der Waals surface area (Å²) in [6.45, 7) is 6.42. The highest BCUT2D eigenvalue weighted by Gasteiger charge is 2.04. The van der Waals surface area contributed by atoms with Crippen LogP contribution >= 0.6 is 0 Å². The second kappa shape index (κ2) is 9.46. The lowest BCUT2D eigenvalue weighted by molar-refractivity contribution is -0.115. The molecule has 26 heavy (non-hydrogen) atoms. The van der Waals surface area contributed by atoms with Crippen molar-refractivity contribution in [2.45, 2.75) is 20.8 Å². The van der Waals surface area contributed by atoms with Gasteiger partial charge in [-0.1, -0.05) is 19.9 Å². The number of hydrogen-bond acceptors (Lipinski definition) is 4. The first-order valence-electron chi connectivity index (χ1n) is 8.56. The fraction of sp³-hybridized carbons (Fsp3) is 0.300. The highest BCUT2D eigenvalue weighted by atomic mass is 16.5. The van der Waals surface area contributed by atoms with Crippen molar-refractivity contribution >= 4 is 28.9 Å². The Morgan fingerprint density at radius 1 is 0.962 bits per heavy atom. The van der Waals surface area contributed by atoms with E-state index >= 15 is 0 Å². The van der Waals surface area contributed by atoms with E-state index in [2.05, 4.69) is 29.8 Å². The van der Waals surface area contributed by atoms with Crippen LogP contribution in [0.15, 0.2) is 48.5 Å². The summed E-state index contributed by atoms with van der Waals surface area (Å²) < 4.78 is 5.68. The molecule has 2 aromatic rings. The Hall–Kier alpha value is -3.02. The molecule has 0 aliphatic heterocycles. The fourth-order valence-corrected chi connectivity index (χ4v) is 2.19. The molecule has 0 radical (unpaired) electrons. The van der Waals surface area contributed by atoms with Crippen LogP contribution in [0.5, 0.6) is 5.75 Å². The Morgan fingerprint density at radius 2 is 1.62 bits per heavy atom. The Kier molecular flexibility index (Phi) is 7.02. The highest BCUT2D eigenvalue weighted by Crippen LogP contribution is 2.18. The van der Waals surface area contributed by atoms with Crippen LogP contribution in [0.2, 0.25) is 0 Å². The van der Waals surface area contributed by atoms with Crippen molar-refractivity contribution in [2.75, 3.05) is 29.1 Å². The van der Waals surface area contributed by atoms with Crippen LogP contribution in [0.1, 0.15) is 20.8 Å². The predicted molar refractivity (Wildman–Crippen MR) is 105 cm³/mol. The Morgan fingerprint density at radius 3 is 2.23 bits per heavy atom. The first-order valence-corrected chi connectivity index (χ1v) is 8.56. The van der Waals surface area contributed by atoms with Crippen molar-refractivity contribution in [2.24, 2.45) is 5.92 Å². The smallest absolute Gasteiger partial charge is 0.243 e. The van der Waals surface area contributed by atoms with E-state index in [9.17, 15) is 9.59 Å². The standard InChI is InChI=1S/C20H25N3O3/c1-14(2)13-26-19-6-4-5-18(11-19)21-12-20(25)23-17-9-7-16(8-10-17)22-15(3)24/h4-11,14,21H,12-13H2,1-3H3,(H,22,24)(H,23,25). The molecule has 0 bridgehead atoms. The number of nitrogens with one attached hydrogen (secondary N) is 3. The maximum Gasteiger partial charge on any atom is 0.243 e. The molecule has 6 nitrogen and oxygen atoms in total. The van der Waals surface area contributed by atoms with Crippen LogP contribution in [-0.4, -0.2) is 25.0 Å². The molecule has 0 unspecified atom stereocenters. The zero-order valence-electron chi connectivity index (χ0n) is 15.3. The number of hydrogen-bond donors (Lipinski definition) is 3. The zero-order chi connectivity index (χ0) is 18.9. The van der Waals surface area contributed by atoms with Gasteiger partial charge in [-0.3, -0.25) is 9.59 Å². The van der Waals surface area contributed by atoms with Gasteiger partial charge in [-0.05, 0) is 42.3 Å². The lowest BCUT2D eigenvalue weighted by Crippen LogP contribution is -2.21. The molecule has 0 aliphatic rings. The molecule has 0 fully saturated rings. The topological polar surface area (TPSA) is 79.5 Å². The van der Waals surface area contributed by atoms with Crippen LogP contribution in [0.3, 0.4) is 0 Å². The minimum atomic E-state index is -0.161. The van der Waals surface area contributed by atoms with Gasteiger partial charge in [0.05, 0.1) is 13.2 Å².